The van der Waals surface area contributed by atoms with Gasteiger partial charge in [-0.2, -0.15) is 0 Å². The highest BCUT2D eigenvalue weighted by molar-refractivity contribution is 6.76. The van der Waals surface area contributed by atoms with Crippen LogP contribution in [0.4, 0.5) is 0 Å². The van der Waals surface area contributed by atoms with Crippen LogP contribution in [0.1, 0.15) is 132 Å². The van der Waals surface area contributed by atoms with E-state index < -0.39 is 85.7 Å². The van der Waals surface area contributed by atoms with E-state index in [4.69, 9.17) is 33.2 Å². The topological polar surface area (TPSA) is 211 Å². The Hall–Kier alpha value is -3.68. The molecule has 77 heavy (non-hydrogen) atoms. The fourth-order valence-corrected chi connectivity index (χ4v) is 12.0. The van der Waals surface area contributed by atoms with Gasteiger partial charge in [0.2, 0.25) is 5.79 Å². The van der Waals surface area contributed by atoms with Gasteiger partial charge in [0.05, 0.1) is 50.3 Å². The van der Waals surface area contributed by atoms with Gasteiger partial charge in [0, 0.05) is 65.4 Å². The molecule has 3 fully saturated rings. The van der Waals surface area contributed by atoms with Crippen molar-refractivity contribution in [2.75, 3.05) is 47.2 Å². The van der Waals surface area contributed by atoms with Crippen molar-refractivity contribution in [2.24, 2.45) is 41.4 Å². The third kappa shape index (κ3) is 20.1. The van der Waals surface area contributed by atoms with Gasteiger partial charge in [-0.25, -0.2) is 9.59 Å². The lowest BCUT2D eigenvalue weighted by atomic mass is 9.78. The second-order valence-electron chi connectivity index (χ2n) is 24.1. The minimum Gasteiger partial charge on any atom is -0.464 e. The lowest BCUT2D eigenvalue weighted by Crippen LogP contribution is -2.61. The number of cyclic esters (lactones) is 1. The van der Waals surface area contributed by atoms with Gasteiger partial charge < -0.3 is 48.3 Å². The van der Waals surface area contributed by atoms with E-state index in [1.54, 1.807) is 48.0 Å². The van der Waals surface area contributed by atoms with Crippen LogP contribution in [0.15, 0.2) is 47.6 Å². The van der Waals surface area contributed by atoms with Gasteiger partial charge in [-0.15, -0.1) is 0 Å². The SMILES string of the molecule is CO[C@H]1C[C@@H]2CC[C@@H](C)[C@@](O)(O2)C(=O)C(=O)N2CCCC[C@H]2C(=O)O[C@H]([C@@H](C)C[C@H]2CC[C@@H](OCCOCC(=O)OCC[Si](C)(C)C)[C@H](OC)C2)CC(=O)[C@H](C)/C=C(\C)[C@@H](O)[C@@H](C)C(=O)[C@H](C)C[C@H](C)/C=C/C=CC=C1C. The summed E-state index contributed by atoms with van der Waals surface area (Å²) < 4.78 is 41.4. The number of ketones is 3. The number of esters is 2. The number of allylic oxidation sites excluding steroid dienone is 6. The number of rotatable bonds is 14. The van der Waals surface area contributed by atoms with E-state index in [1.807, 2.05) is 58.1 Å². The Balaban J connectivity index is 1.58. The zero-order valence-corrected chi connectivity index (χ0v) is 49.9. The Morgan fingerprint density at radius 1 is 0.857 bits per heavy atom. The average Bonchev–Trinajstić information content (AvgIpc) is 3.39. The number of Topliss-reactive ketones (excluding diaryl/α,β-unsaturated/α-hetero) is 3. The molecule has 2 saturated heterocycles. The molecular formula is C60H97NO15Si. The summed E-state index contributed by atoms with van der Waals surface area (Å²) in [7, 11) is 1.90. The quantitative estimate of drug-likeness (QED) is 0.0548. The fraction of sp³-hybridized carbons (Fsp3) is 0.767. The molecule has 4 aliphatic rings. The molecule has 16 nitrogen and oxygen atoms in total. The number of methoxy groups -OCH3 is 2. The monoisotopic (exact) mass is 1100 g/mol. The Morgan fingerprint density at radius 2 is 1.58 bits per heavy atom. The van der Waals surface area contributed by atoms with Crippen molar-refractivity contribution in [1.82, 2.24) is 4.90 Å². The smallest absolute Gasteiger partial charge is 0.332 e. The summed E-state index contributed by atoms with van der Waals surface area (Å²) in [6.45, 7) is 22.1. The summed E-state index contributed by atoms with van der Waals surface area (Å²) in [6, 6.07) is -0.264. The Kier molecular flexibility index (Phi) is 26.8. The van der Waals surface area contributed by atoms with Gasteiger partial charge in [-0.05, 0) is 113 Å². The highest BCUT2D eigenvalue weighted by Crippen LogP contribution is 2.38. The van der Waals surface area contributed by atoms with Crippen molar-refractivity contribution in [3.8, 4) is 0 Å². The number of nitrogens with zero attached hydrogens (tertiary/aromatic N) is 1. The van der Waals surface area contributed by atoms with E-state index in [2.05, 4.69) is 19.6 Å². The second-order valence-corrected chi connectivity index (χ2v) is 29.8. The molecule has 0 spiro atoms. The maximum absolute atomic E-state index is 14.6. The molecule has 0 radical (unpaired) electrons. The van der Waals surface area contributed by atoms with Gasteiger partial charge in [0.1, 0.15) is 30.3 Å². The molecule has 4 rings (SSSR count). The van der Waals surface area contributed by atoms with Gasteiger partial charge >= 0.3 is 11.9 Å². The number of aliphatic hydroxyl groups is 2. The zero-order valence-electron chi connectivity index (χ0n) is 48.9. The van der Waals surface area contributed by atoms with E-state index in [9.17, 15) is 39.0 Å². The minimum atomic E-state index is -2.44. The molecule has 436 valence electrons. The molecule has 2 bridgehead atoms. The number of hydrogen-bond donors (Lipinski definition) is 2. The van der Waals surface area contributed by atoms with Crippen LogP contribution in [0.2, 0.25) is 25.7 Å². The first-order valence-electron chi connectivity index (χ1n) is 28.6. The van der Waals surface area contributed by atoms with Crippen molar-refractivity contribution in [3.63, 3.8) is 0 Å². The minimum absolute atomic E-state index is 0.0608. The van der Waals surface area contributed by atoms with Crippen LogP contribution in [-0.2, 0) is 61.9 Å². The highest BCUT2D eigenvalue weighted by atomic mass is 28.3. The molecule has 15 atom stereocenters. The first-order valence-corrected chi connectivity index (χ1v) is 32.3. The maximum Gasteiger partial charge on any atom is 0.332 e. The zero-order chi connectivity index (χ0) is 57.2. The molecule has 0 aromatic heterocycles. The van der Waals surface area contributed by atoms with Crippen LogP contribution in [0, 0.1) is 41.4 Å². The lowest BCUT2D eigenvalue weighted by molar-refractivity contribution is -0.265. The molecule has 3 heterocycles. The molecule has 1 aliphatic carbocycles. The summed E-state index contributed by atoms with van der Waals surface area (Å²) >= 11 is 0. The Labute approximate surface area is 461 Å². The Bertz CT molecular complexity index is 2080. The number of aliphatic hydroxyl groups excluding tert-OH is 1. The van der Waals surface area contributed by atoms with E-state index in [0.29, 0.717) is 70.0 Å². The predicted molar refractivity (Wildman–Crippen MR) is 297 cm³/mol. The third-order valence-electron chi connectivity index (χ3n) is 16.4. The van der Waals surface area contributed by atoms with Crippen molar-refractivity contribution in [1.29, 1.82) is 0 Å². The normalized spacial score (nSPS) is 35.0. The van der Waals surface area contributed by atoms with Gasteiger partial charge in [-0.1, -0.05) is 97.6 Å². The van der Waals surface area contributed by atoms with E-state index in [0.717, 1.165) is 18.0 Å². The summed E-state index contributed by atoms with van der Waals surface area (Å²) in [4.78, 5) is 84.7. The number of carbonyl (C=O) groups excluding carboxylic acids is 6. The third-order valence-corrected chi connectivity index (χ3v) is 18.2. The molecule has 0 unspecified atom stereocenters. The summed E-state index contributed by atoms with van der Waals surface area (Å²) in [6.07, 6.45) is 13.4. The van der Waals surface area contributed by atoms with Crippen LogP contribution in [-0.4, -0.2) is 154 Å². The Morgan fingerprint density at radius 3 is 2.27 bits per heavy atom. The summed E-state index contributed by atoms with van der Waals surface area (Å²) in [5, 5.41) is 23.5. The molecule has 2 N–H and O–H groups in total. The van der Waals surface area contributed by atoms with Gasteiger partial charge in [0.15, 0.2) is 0 Å². The maximum atomic E-state index is 14.6. The highest BCUT2D eigenvalue weighted by Gasteiger charge is 2.53. The fourth-order valence-electron chi connectivity index (χ4n) is 11.3. The van der Waals surface area contributed by atoms with Gasteiger partial charge in [-0.3, -0.25) is 19.2 Å². The molecule has 0 aromatic carbocycles. The second kappa shape index (κ2) is 31.3. The van der Waals surface area contributed by atoms with Crippen molar-refractivity contribution >= 4 is 43.3 Å². The summed E-state index contributed by atoms with van der Waals surface area (Å²) in [5.74, 6) is -8.73. The standard InChI is InChI=1S/C60H97NO15Si/c1-38-19-15-14-16-20-39(2)51(70-9)35-47-24-22-44(7)60(69,76-47)57(66)58(67)61-26-18-17-21-48(61)59(68)75-52(36-49(62)40(3)32-43(6)56(65)45(8)55(64)42(5)31-38)41(4)33-46-23-25-50(53(34-46)71-10)73-28-27-72-37-54(63)74-29-30-77(11,12)13/h14-16,19-20,32,38,40-42,44-48,50-53,56,65,69H,17-18,21-31,33-37H2,1-13H3/b16-14?,19-15+,39-20?,43-32+/t38-,40-,41+,42-,44-,45+,46-,47+,48+,50-,51+,52+,53-,56-,60-/m1/s1. The van der Waals surface area contributed by atoms with Crippen molar-refractivity contribution in [3.05, 3.63) is 47.6 Å². The number of fused-ring (bicyclic) bond motifs is 3. The molecule has 17 heteroatoms. The van der Waals surface area contributed by atoms with E-state index in [1.165, 1.54) is 4.90 Å². The molecule has 3 aliphatic heterocycles. The summed E-state index contributed by atoms with van der Waals surface area (Å²) in [5.41, 5.74) is 1.37. The number of amides is 1. The molecular weight excluding hydrogens is 1000 g/mol. The number of hydrogen-bond acceptors (Lipinski definition) is 15. The van der Waals surface area contributed by atoms with E-state index in [-0.39, 0.29) is 86.7 Å². The largest absolute Gasteiger partial charge is 0.464 e. The molecule has 1 saturated carbocycles. The number of ether oxygens (including phenoxy) is 7. The number of carbonyl (C=O) groups is 6. The van der Waals surface area contributed by atoms with Crippen LogP contribution in [0.25, 0.3) is 0 Å². The lowest BCUT2D eigenvalue weighted by Gasteiger charge is -2.42. The molecule has 1 amide bonds. The van der Waals surface area contributed by atoms with Crippen LogP contribution >= 0.6 is 0 Å². The van der Waals surface area contributed by atoms with Gasteiger partial charge in [0.25, 0.3) is 11.7 Å². The van der Waals surface area contributed by atoms with Crippen LogP contribution in [0.3, 0.4) is 0 Å². The number of piperidine rings is 1. The molecule has 0 aromatic rings. The van der Waals surface area contributed by atoms with Crippen LogP contribution < -0.4 is 0 Å². The average molecular weight is 1100 g/mol. The van der Waals surface area contributed by atoms with Crippen molar-refractivity contribution in [2.45, 2.75) is 207 Å². The van der Waals surface area contributed by atoms with Crippen molar-refractivity contribution < 1.29 is 72.1 Å². The van der Waals surface area contributed by atoms with Crippen LogP contribution in [0.5, 0.6) is 0 Å². The predicted octanol–water partition coefficient (Wildman–Crippen LogP) is 8.72. The first-order chi connectivity index (χ1) is 36.3. The van der Waals surface area contributed by atoms with E-state index >= 15 is 0 Å². The first kappa shape index (κ1) is 65.8.